The summed E-state index contributed by atoms with van der Waals surface area (Å²) in [5.74, 6) is 0. The molecule has 0 atom stereocenters. The van der Waals surface area contributed by atoms with Crippen molar-refractivity contribution in [2.75, 3.05) is 0 Å². The Kier molecular flexibility index (Phi) is 7.21. The molecule has 0 heterocycles. The van der Waals surface area contributed by atoms with Crippen molar-refractivity contribution in [2.24, 2.45) is 0 Å². The molecule has 0 aliphatic rings. The fraction of sp³-hybridized carbons (Fsp3) is 0.400. The molecule has 0 unspecified atom stereocenters. The smallest absolute Gasteiger partial charge is 0.134 e. The van der Waals surface area contributed by atoms with Gasteiger partial charge in [0.15, 0.2) is 0 Å². The van der Waals surface area contributed by atoms with Crippen LogP contribution in [0.3, 0.4) is 0 Å². The van der Waals surface area contributed by atoms with Crippen molar-refractivity contribution in [1.29, 1.82) is 0 Å². The van der Waals surface area contributed by atoms with Gasteiger partial charge < -0.3 is 0 Å². The lowest BCUT2D eigenvalue weighted by Crippen LogP contribution is -1.88. The van der Waals surface area contributed by atoms with Gasteiger partial charge >= 0.3 is 8.25 Å². The fourth-order valence-corrected chi connectivity index (χ4v) is 1.25. The summed E-state index contributed by atoms with van der Waals surface area (Å²) in [6.45, 7) is 4.41. The highest BCUT2D eigenvalue weighted by Crippen LogP contribution is 2.08. The molecule has 1 aromatic carbocycles. The summed E-state index contributed by atoms with van der Waals surface area (Å²) in [6.07, 6.45) is 2.31. The predicted molar refractivity (Wildman–Crippen MR) is 57.2 cm³/mol. The van der Waals surface area contributed by atoms with E-state index < -0.39 is 8.25 Å². The molecule has 78 valence electrons. The molecule has 0 amide bonds. The van der Waals surface area contributed by atoms with Crippen LogP contribution in [0.25, 0.3) is 0 Å². The molecule has 1 rings (SSSR count). The largest absolute Gasteiger partial charge is 0.692 e. The molecule has 3 nitrogen and oxygen atoms in total. The third kappa shape index (κ3) is 5.81. The maximum absolute atomic E-state index is 8.70. The van der Waals surface area contributed by atoms with Gasteiger partial charge in [0, 0.05) is 4.57 Å². The van der Waals surface area contributed by atoms with Gasteiger partial charge in [0.2, 0.25) is 0 Å². The van der Waals surface area contributed by atoms with Crippen molar-refractivity contribution in [2.45, 2.75) is 26.7 Å². The summed E-state index contributed by atoms with van der Waals surface area (Å²) in [4.78, 5) is 14.2. The zero-order chi connectivity index (χ0) is 11.0. The number of rotatable bonds is 2. The third-order valence-electron chi connectivity index (χ3n) is 1.88. The summed E-state index contributed by atoms with van der Waals surface area (Å²) in [6, 6.07) is 8.63. The molecule has 0 fully saturated rings. The first kappa shape index (κ1) is 13.2. The Balaban J connectivity index is 0.000000364. The van der Waals surface area contributed by atoms with Crippen LogP contribution in [0.2, 0.25) is 0 Å². The number of benzene rings is 1. The summed E-state index contributed by atoms with van der Waals surface area (Å²) >= 11 is 0. The van der Waals surface area contributed by atoms with Crippen molar-refractivity contribution in [3.05, 3.63) is 35.4 Å². The highest BCUT2D eigenvalue weighted by atomic mass is 31.1. The number of aryl methyl sites for hydroxylation is 2. The van der Waals surface area contributed by atoms with E-state index in [9.17, 15) is 0 Å². The van der Waals surface area contributed by atoms with Crippen molar-refractivity contribution < 1.29 is 14.4 Å². The van der Waals surface area contributed by atoms with Crippen molar-refractivity contribution in [3.8, 4) is 0 Å². The number of hydrogen-bond acceptors (Lipinski definition) is 1. The Labute approximate surface area is 85.4 Å². The molecule has 0 aromatic heterocycles. The predicted octanol–water partition coefficient (Wildman–Crippen LogP) is 2.44. The van der Waals surface area contributed by atoms with Crippen LogP contribution >= 0.6 is 8.25 Å². The fourth-order valence-electron chi connectivity index (χ4n) is 1.25. The van der Waals surface area contributed by atoms with E-state index in [1.807, 2.05) is 0 Å². The average Bonchev–Trinajstić information content (AvgIpc) is 2.17. The average molecular weight is 215 g/mol. The Bertz CT molecular complexity index is 259. The first-order chi connectivity index (χ1) is 6.61. The van der Waals surface area contributed by atoms with E-state index in [2.05, 4.69) is 38.1 Å². The van der Waals surface area contributed by atoms with E-state index in [1.54, 1.807) is 0 Å². The van der Waals surface area contributed by atoms with Crippen LogP contribution in [0.15, 0.2) is 24.3 Å². The molecule has 0 saturated carbocycles. The SMILES string of the molecule is CCc1ccccc1CC.O=[P+](O)O. The van der Waals surface area contributed by atoms with Crippen LogP contribution in [0.1, 0.15) is 25.0 Å². The topological polar surface area (TPSA) is 57.5 Å². The van der Waals surface area contributed by atoms with E-state index in [0.29, 0.717) is 0 Å². The number of hydrogen-bond donors (Lipinski definition) is 2. The van der Waals surface area contributed by atoms with Gasteiger partial charge in [-0.1, -0.05) is 38.1 Å². The van der Waals surface area contributed by atoms with Gasteiger partial charge in [-0.2, -0.15) is 0 Å². The van der Waals surface area contributed by atoms with Crippen LogP contribution < -0.4 is 0 Å². The Morgan fingerprint density at radius 3 is 1.57 bits per heavy atom. The Morgan fingerprint density at radius 1 is 1.07 bits per heavy atom. The maximum Gasteiger partial charge on any atom is 0.692 e. The molecule has 0 radical (unpaired) electrons. The summed E-state index contributed by atoms with van der Waals surface area (Å²) in [5.41, 5.74) is 2.98. The van der Waals surface area contributed by atoms with Crippen LogP contribution in [0, 0.1) is 0 Å². The van der Waals surface area contributed by atoms with Gasteiger partial charge in [-0.25, -0.2) is 0 Å². The molecule has 0 saturated heterocycles. The lowest BCUT2D eigenvalue weighted by Gasteiger charge is -2.02. The van der Waals surface area contributed by atoms with Gasteiger partial charge in [-0.15, -0.1) is 9.79 Å². The normalized spacial score (nSPS) is 8.86. The lowest BCUT2D eigenvalue weighted by atomic mass is 10.0. The third-order valence-corrected chi connectivity index (χ3v) is 1.88. The van der Waals surface area contributed by atoms with E-state index in [4.69, 9.17) is 14.4 Å². The zero-order valence-corrected chi connectivity index (χ0v) is 9.37. The molecule has 0 bridgehead atoms. The van der Waals surface area contributed by atoms with Crippen molar-refractivity contribution in [3.63, 3.8) is 0 Å². The first-order valence-electron chi connectivity index (χ1n) is 4.53. The highest BCUT2D eigenvalue weighted by Gasteiger charge is 1.94. The van der Waals surface area contributed by atoms with Gasteiger partial charge in [0.1, 0.15) is 0 Å². The summed E-state index contributed by atoms with van der Waals surface area (Å²) in [5, 5.41) is 0. The van der Waals surface area contributed by atoms with Crippen LogP contribution in [0.4, 0.5) is 0 Å². The van der Waals surface area contributed by atoms with Gasteiger partial charge in [-0.05, 0) is 24.0 Å². The van der Waals surface area contributed by atoms with E-state index in [0.717, 1.165) is 12.8 Å². The van der Waals surface area contributed by atoms with Gasteiger partial charge in [-0.3, -0.25) is 0 Å². The van der Waals surface area contributed by atoms with Crippen LogP contribution in [-0.2, 0) is 17.4 Å². The first-order valence-corrected chi connectivity index (χ1v) is 5.70. The van der Waals surface area contributed by atoms with E-state index in [-0.39, 0.29) is 0 Å². The summed E-state index contributed by atoms with van der Waals surface area (Å²) in [7, 11) is -2.87. The minimum Gasteiger partial charge on any atom is -0.134 e. The monoisotopic (exact) mass is 215 g/mol. The summed E-state index contributed by atoms with van der Waals surface area (Å²) < 4.78 is 8.70. The second-order valence-corrected chi connectivity index (χ2v) is 3.23. The Morgan fingerprint density at radius 2 is 1.36 bits per heavy atom. The second kappa shape index (κ2) is 7.63. The zero-order valence-electron chi connectivity index (χ0n) is 8.47. The van der Waals surface area contributed by atoms with Crippen molar-refractivity contribution in [1.82, 2.24) is 0 Å². The second-order valence-electron chi connectivity index (χ2n) is 2.73. The van der Waals surface area contributed by atoms with Crippen LogP contribution in [0.5, 0.6) is 0 Å². The molecule has 0 spiro atoms. The highest BCUT2D eigenvalue weighted by molar-refractivity contribution is 7.30. The van der Waals surface area contributed by atoms with Crippen molar-refractivity contribution >= 4 is 8.25 Å². The Hall–Kier alpha value is -0.760. The quantitative estimate of drug-likeness (QED) is 0.745. The standard InChI is InChI=1S/C10H14.HO3P/c1-3-9-7-5-6-8-10(9)4-2;1-4(2)3/h5-8H,3-4H2,1-2H3;(H-,1,2,3)/p+1. The minimum atomic E-state index is -2.87. The van der Waals surface area contributed by atoms with Gasteiger partial charge in [0.25, 0.3) is 0 Å². The molecule has 1 aromatic rings. The molecule has 4 heteroatoms. The minimum absolute atomic E-state index is 1.16. The lowest BCUT2D eigenvalue weighted by molar-refractivity contribution is 0.405. The molecular formula is C10H16O3P+. The van der Waals surface area contributed by atoms with Crippen LogP contribution in [-0.4, -0.2) is 9.79 Å². The molecule has 0 aliphatic carbocycles. The molecule has 2 N–H and O–H groups in total. The molecule has 14 heavy (non-hydrogen) atoms. The maximum atomic E-state index is 8.70. The van der Waals surface area contributed by atoms with E-state index >= 15 is 0 Å². The van der Waals surface area contributed by atoms with E-state index in [1.165, 1.54) is 11.1 Å². The molecular weight excluding hydrogens is 199 g/mol. The molecule has 0 aliphatic heterocycles. The van der Waals surface area contributed by atoms with Gasteiger partial charge in [0.05, 0.1) is 0 Å².